The highest BCUT2D eigenvalue weighted by molar-refractivity contribution is 5.59. The highest BCUT2D eigenvalue weighted by Crippen LogP contribution is 2.30. The van der Waals surface area contributed by atoms with Crippen molar-refractivity contribution in [3.8, 4) is 5.75 Å². The van der Waals surface area contributed by atoms with Gasteiger partial charge in [-0.25, -0.2) is 0 Å². The summed E-state index contributed by atoms with van der Waals surface area (Å²) < 4.78 is 5.26. The molecule has 0 atom stereocenters. The van der Waals surface area contributed by atoms with Crippen LogP contribution in [0.2, 0.25) is 0 Å². The van der Waals surface area contributed by atoms with Gasteiger partial charge in [-0.05, 0) is 18.6 Å². The molecule has 0 radical (unpaired) electrons. The zero-order valence-electron chi connectivity index (χ0n) is 7.29. The van der Waals surface area contributed by atoms with Crippen molar-refractivity contribution in [2.24, 2.45) is 0 Å². The summed E-state index contributed by atoms with van der Waals surface area (Å²) in [6.07, 6.45) is 1.30. The number of rotatable bonds is 2. The molecule has 1 fully saturated rings. The van der Waals surface area contributed by atoms with Crippen molar-refractivity contribution in [2.45, 2.75) is 6.42 Å². The zero-order valence-corrected chi connectivity index (χ0v) is 7.29. The quantitative estimate of drug-likeness (QED) is 0.660. The Balaban J connectivity index is 2.27. The molecule has 2 nitrogen and oxygen atoms in total. The van der Waals surface area contributed by atoms with Gasteiger partial charge in [0, 0.05) is 13.1 Å². The van der Waals surface area contributed by atoms with Gasteiger partial charge in [-0.3, -0.25) is 0 Å². The first kappa shape index (κ1) is 7.47. The molecule has 1 aliphatic rings. The molecule has 0 N–H and O–H groups in total. The predicted octanol–water partition coefficient (Wildman–Crippen LogP) is 1.91. The fraction of sp³-hybridized carbons (Fsp3) is 0.400. The second-order valence-electron chi connectivity index (χ2n) is 3.01. The zero-order chi connectivity index (χ0) is 8.39. The van der Waals surface area contributed by atoms with Gasteiger partial charge >= 0.3 is 0 Å². The molecule has 1 aromatic carbocycles. The fourth-order valence-electron chi connectivity index (χ4n) is 1.45. The number of hydrogen-bond acceptors (Lipinski definition) is 2. The first-order valence-electron chi connectivity index (χ1n) is 4.30. The van der Waals surface area contributed by atoms with Crippen molar-refractivity contribution in [2.75, 3.05) is 25.1 Å². The van der Waals surface area contributed by atoms with E-state index in [-0.39, 0.29) is 0 Å². The molecule has 1 heterocycles. The minimum absolute atomic E-state index is 0.984. The van der Waals surface area contributed by atoms with E-state index >= 15 is 0 Å². The van der Waals surface area contributed by atoms with Gasteiger partial charge in [0.15, 0.2) is 0 Å². The van der Waals surface area contributed by atoms with Crippen molar-refractivity contribution in [1.29, 1.82) is 0 Å². The Morgan fingerprint density at radius 3 is 2.58 bits per heavy atom. The van der Waals surface area contributed by atoms with Gasteiger partial charge in [-0.15, -0.1) is 0 Å². The summed E-state index contributed by atoms with van der Waals surface area (Å²) in [5.74, 6) is 0.984. The molecule has 2 rings (SSSR count). The summed E-state index contributed by atoms with van der Waals surface area (Å²) in [6.45, 7) is 2.33. The third-order valence-corrected chi connectivity index (χ3v) is 2.28. The lowest BCUT2D eigenvalue weighted by Gasteiger charge is -2.34. The van der Waals surface area contributed by atoms with E-state index < -0.39 is 0 Å². The molecule has 0 saturated carbocycles. The van der Waals surface area contributed by atoms with Crippen LogP contribution in [0.5, 0.6) is 5.75 Å². The van der Waals surface area contributed by atoms with Gasteiger partial charge in [-0.2, -0.15) is 0 Å². The lowest BCUT2D eigenvalue weighted by Crippen LogP contribution is -2.37. The van der Waals surface area contributed by atoms with Crippen LogP contribution in [0.25, 0.3) is 0 Å². The van der Waals surface area contributed by atoms with E-state index in [1.165, 1.54) is 25.2 Å². The van der Waals surface area contributed by atoms with Crippen LogP contribution in [0, 0.1) is 0 Å². The van der Waals surface area contributed by atoms with E-state index in [2.05, 4.69) is 17.0 Å². The predicted molar refractivity (Wildman–Crippen MR) is 49.8 cm³/mol. The highest BCUT2D eigenvalue weighted by atomic mass is 16.5. The molecule has 0 unspecified atom stereocenters. The normalized spacial score (nSPS) is 15.6. The average Bonchev–Trinajstić information content (AvgIpc) is 2.02. The molecule has 0 bridgehead atoms. The van der Waals surface area contributed by atoms with E-state index in [4.69, 9.17) is 4.74 Å². The molecule has 1 aromatic rings. The van der Waals surface area contributed by atoms with Crippen LogP contribution < -0.4 is 9.64 Å². The molecule has 0 aromatic heterocycles. The monoisotopic (exact) mass is 163 g/mol. The van der Waals surface area contributed by atoms with Crippen molar-refractivity contribution < 1.29 is 4.74 Å². The van der Waals surface area contributed by atoms with Gasteiger partial charge in [0.25, 0.3) is 0 Å². The summed E-state index contributed by atoms with van der Waals surface area (Å²) in [5, 5.41) is 0. The minimum Gasteiger partial charge on any atom is -0.495 e. The molecule has 0 aliphatic carbocycles. The average molecular weight is 163 g/mol. The molecule has 0 spiro atoms. The summed E-state index contributed by atoms with van der Waals surface area (Å²) >= 11 is 0. The molecular weight excluding hydrogens is 150 g/mol. The maximum absolute atomic E-state index is 5.26. The second kappa shape index (κ2) is 3.05. The van der Waals surface area contributed by atoms with Crippen LogP contribution in [0.1, 0.15) is 6.42 Å². The van der Waals surface area contributed by atoms with Gasteiger partial charge in [0.05, 0.1) is 12.8 Å². The number of ether oxygens (including phenoxy) is 1. The van der Waals surface area contributed by atoms with Crippen LogP contribution in [0.4, 0.5) is 5.69 Å². The standard InChI is InChI=1S/C10H13NO/c1-12-10-6-3-2-5-9(10)11-7-4-8-11/h2-3,5-6H,4,7-8H2,1H3. The van der Waals surface area contributed by atoms with E-state index in [1.807, 2.05) is 12.1 Å². The molecule has 1 saturated heterocycles. The third kappa shape index (κ3) is 1.13. The van der Waals surface area contributed by atoms with E-state index in [1.54, 1.807) is 7.11 Å². The van der Waals surface area contributed by atoms with Crippen LogP contribution in [0.15, 0.2) is 24.3 Å². The van der Waals surface area contributed by atoms with Gasteiger partial charge in [0.1, 0.15) is 5.75 Å². The van der Waals surface area contributed by atoms with Crippen LogP contribution in [-0.4, -0.2) is 20.2 Å². The Morgan fingerprint density at radius 1 is 1.25 bits per heavy atom. The molecule has 64 valence electrons. The first-order chi connectivity index (χ1) is 5.92. The Bertz CT molecular complexity index is 268. The van der Waals surface area contributed by atoms with Crippen LogP contribution in [-0.2, 0) is 0 Å². The Labute approximate surface area is 72.8 Å². The van der Waals surface area contributed by atoms with Crippen LogP contribution in [0.3, 0.4) is 0 Å². The lowest BCUT2D eigenvalue weighted by atomic mass is 10.1. The summed E-state index contributed by atoms with van der Waals surface area (Å²) in [4.78, 5) is 2.33. The molecular formula is C10H13NO. The number of benzene rings is 1. The number of anilines is 1. The Hall–Kier alpha value is -1.18. The fourth-order valence-corrected chi connectivity index (χ4v) is 1.45. The van der Waals surface area contributed by atoms with Gasteiger partial charge < -0.3 is 9.64 Å². The maximum atomic E-state index is 5.26. The SMILES string of the molecule is COc1ccccc1N1CCC1. The number of para-hydroxylation sites is 2. The van der Waals surface area contributed by atoms with Crippen molar-refractivity contribution in [1.82, 2.24) is 0 Å². The lowest BCUT2D eigenvalue weighted by molar-refractivity contribution is 0.412. The van der Waals surface area contributed by atoms with Gasteiger partial charge in [-0.1, -0.05) is 12.1 Å². The maximum Gasteiger partial charge on any atom is 0.142 e. The van der Waals surface area contributed by atoms with E-state index in [0.29, 0.717) is 0 Å². The van der Waals surface area contributed by atoms with Crippen molar-refractivity contribution in [3.63, 3.8) is 0 Å². The largest absolute Gasteiger partial charge is 0.495 e. The van der Waals surface area contributed by atoms with E-state index in [0.717, 1.165) is 5.75 Å². The summed E-state index contributed by atoms with van der Waals surface area (Å²) in [7, 11) is 1.72. The number of methoxy groups -OCH3 is 1. The van der Waals surface area contributed by atoms with Crippen molar-refractivity contribution >= 4 is 5.69 Å². The van der Waals surface area contributed by atoms with E-state index in [9.17, 15) is 0 Å². The molecule has 2 heteroatoms. The first-order valence-corrected chi connectivity index (χ1v) is 4.30. The van der Waals surface area contributed by atoms with Gasteiger partial charge in [0.2, 0.25) is 0 Å². The summed E-state index contributed by atoms with van der Waals surface area (Å²) in [6, 6.07) is 8.17. The third-order valence-electron chi connectivity index (χ3n) is 2.28. The number of hydrogen-bond donors (Lipinski definition) is 0. The molecule has 0 amide bonds. The second-order valence-corrected chi connectivity index (χ2v) is 3.01. The highest BCUT2D eigenvalue weighted by Gasteiger charge is 2.17. The smallest absolute Gasteiger partial charge is 0.142 e. The Morgan fingerprint density at radius 2 is 2.00 bits per heavy atom. The topological polar surface area (TPSA) is 12.5 Å². The molecule has 1 aliphatic heterocycles. The number of nitrogens with zero attached hydrogens (tertiary/aromatic N) is 1. The summed E-state index contributed by atoms with van der Waals surface area (Å²) in [5.41, 5.74) is 1.23. The Kier molecular flexibility index (Phi) is 1.90. The minimum atomic E-state index is 0.984. The van der Waals surface area contributed by atoms with Crippen LogP contribution >= 0.6 is 0 Å². The molecule has 12 heavy (non-hydrogen) atoms. The van der Waals surface area contributed by atoms with Crippen molar-refractivity contribution in [3.05, 3.63) is 24.3 Å².